The Morgan fingerprint density at radius 3 is 2.60 bits per heavy atom. The number of hydrogen-bond acceptors (Lipinski definition) is 6. The molecule has 4 aromatic rings. The normalized spacial score (nSPS) is 20.8. The number of fused-ring (bicyclic) bond motifs is 1. The lowest BCUT2D eigenvalue weighted by Gasteiger charge is -2.40. The molecule has 0 aliphatic heterocycles. The lowest BCUT2D eigenvalue weighted by Crippen LogP contribution is -2.40. The fraction of sp³-hybridized carbons (Fsp3) is 0.217. The number of hydrogen-bond donors (Lipinski definition) is 2. The van der Waals surface area contributed by atoms with Gasteiger partial charge in [0.2, 0.25) is 5.78 Å². The van der Waals surface area contributed by atoms with Crippen molar-refractivity contribution in [2.45, 2.75) is 31.3 Å². The minimum atomic E-state index is -0.657. The topological polar surface area (TPSA) is 106 Å². The maximum Gasteiger partial charge on any atom is 0.211 e. The molecule has 0 spiro atoms. The summed E-state index contributed by atoms with van der Waals surface area (Å²) >= 11 is 0. The molecule has 3 aromatic heterocycles. The summed E-state index contributed by atoms with van der Waals surface area (Å²) in [5.74, 6) is 1.25. The lowest BCUT2D eigenvalue weighted by atomic mass is 9.72. The maximum atomic E-state index is 12.6. The number of carbonyl (C=O) groups excluding carboxylic acids is 1. The van der Waals surface area contributed by atoms with Crippen molar-refractivity contribution in [3.63, 3.8) is 0 Å². The SMILES string of the molecule is C[C@]1(O)C[C@@H](c2nc(-c3ccc(C(=O)c4ccccc4)nc3)c3c(N)nccn32)C1. The Hall–Kier alpha value is -3.58. The maximum absolute atomic E-state index is 12.6. The highest BCUT2D eigenvalue weighted by Crippen LogP contribution is 2.45. The summed E-state index contributed by atoms with van der Waals surface area (Å²) in [5.41, 5.74) is 8.63. The summed E-state index contributed by atoms with van der Waals surface area (Å²) in [6.07, 6.45) is 6.43. The first kappa shape index (κ1) is 18.4. The Kier molecular flexibility index (Phi) is 4.15. The van der Waals surface area contributed by atoms with Crippen LogP contribution in [-0.4, -0.2) is 35.8 Å². The number of nitrogen functional groups attached to an aromatic ring is 1. The van der Waals surface area contributed by atoms with Crippen LogP contribution in [-0.2, 0) is 0 Å². The van der Waals surface area contributed by atoms with Gasteiger partial charge >= 0.3 is 0 Å². The third-order valence-corrected chi connectivity index (χ3v) is 5.65. The van der Waals surface area contributed by atoms with Gasteiger partial charge in [-0.1, -0.05) is 30.3 Å². The van der Waals surface area contributed by atoms with Gasteiger partial charge in [0.15, 0.2) is 0 Å². The van der Waals surface area contributed by atoms with E-state index >= 15 is 0 Å². The lowest BCUT2D eigenvalue weighted by molar-refractivity contribution is -0.0335. The van der Waals surface area contributed by atoms with Gasteiger partial charge in [-0.05, 0) is 31.9 Å². The number of rotatable bonds is 4. The zero-order valence-corrected chi connectivity index (χ0v) is 16.5. The minimum absolute atomic E-state index is 0.129. The zero-order chi connectivity index (χ0) is 20.9. The van der Waals surface area contributed by atoms with E-state index in [1.165, 1.54) is 0 Å². The van der Waals surface area contributed by atoms with Crippen LogP contribution >= 0.6 is 0 Å². The summed E-state index contributed by atoms with van der Waals surface area (Å²) in [7, 11) is 0. The van der Waals surface area contributed by atoms with Crippen molar-refractivity contribution in [3.8, 4) is 11.3 Å². The van der Waals surface area contributed by atoms with Gasteiger partial charge < -0.3 is 10.8 Å². The number of anilines is 1. The zero-order valence-electron chi connectivity index (χ0n) is 16.5. The van der Waals surface area contributed by atoms with Crippen LogP contribution in [0.15, 0.2) is 61.1 Å². The van der Waals surface area contributed by atoms with Gasteiger partial charge in [0.05, 0.1) is 5.60 Å². The van der Waals surface area contributed by atoms with Gasteiger partial charge in [0.25, 0.3) is 0 Å². The molecule has 0 atom stereocenters. The summed E-state index contributed by atoms with van der Waals surface area (Å²) in [6.45, 7) is 1.84. The highest BCUT2D eigenvalue weighted by atomic mass is 16.3. The molecule has 1 saturated carbocycles. The van der Waals surface area contributed by atoms with E-state index in [2.05, 4.69) is 9.97 Å². The van der Waals surface area contributed by atoms with Crippen molar-refractivity contribution in [2.75, 3.05) is 5.73 Å². The van der Waals surface area contributed by atoms with Crippen molar-refractivity contribution in [1.29, 1.82) is 0 Å². The summed E-state index contributed by atoms with van der Waals surface area (Å²) in [6, 6.07) is 12.6. The smallest absolute Gasteiger partial charge is 0.211 e. The molecule has 1 aromatic carbocycles. The molecule has 3 heterocycles. The molecule has 30 heavy (non-hydrogen) atoms. The first-order chi connectivity index (χ1) is 14.4. The van der Waals surface area contributed by atoms with Crippen molar-refractivity contribution in [3.05, 3.63) is 78.1 Å². The molecule has 1 aliphatic rings. The van der Waals surface area contributed by atoms with Crippen molar-refractivity contribution < 1.29 is 9.90 Å². The highest BCUT2D eigenvalue weighted by Gasteiger charge is 2.41. The Morgan fingerprint density at radius 2 is 1.93 bits per heavy atom. The van der Waals surface area contributed by atoms with Crippen molar-refractivity contribution in [2.24, 2.45) is 0 Å². The van der Waals surface area contributed by atoms with Crippen LogP contribution in [0.25, 0.3) is 16.8 Å². The van der Waals surface area contributed by atoms with Gasteiger partial charge in [-0.15, -0.1) is 0 Å². The molecule has 5 rings (SSSR count). The predicted molar refractivity (Wildman–Crippen MR) is 113 cm³/mol. The number of benzene rings is 1. The van der Waals surface area contributed by atoms with Crippen LogP contribution in [0.2, 0.25) is 0 Å². The van der Waals surface area contributed by atoms with Gasteiger partial charge in [0.1, 0.15) is 28.5 Å². The summed E-state index contributed by atoms with van der Waals surface area (Å²) in [4.78, 5) is 26.1. The monoisotopic (exact) mass is 399 g/mol. The van der Waals surface area contributed by atoms with Crippen LogP contribution in [0.3, 0.4) is 0 Å². The molecule has 7 nitrogen and oxygen atoms in total. The molecule has 0 unspecified atom stereocenters. The fourth-order valence-electron chi connectivity index (χ4n) is 4.17. The summed E-state index contributed by atoms with van der Waals surface area (Å²) < 4.78 is 1.95. The molecule has 1 aliphatic carbocycles. The van der Waals surface area contributed by atoms with Crippen LogP contribution in [0.5, 0.6) is 0 Å². The third kappa shape index (κ3) is 3.04. The molecular formula is C23H21N5O2. The number of carbonyl (C=O) groups is 1. The first-order valence-corrected chi connectivity index (χ1v) is 9.84. The van der Waals surface area contributed by atoms with E-state index in [-0.39, 0.29) is 11.7 Å². The standard InChI is InChI=1S/C23H21N5O2/c1-23(30)11-16(12-23)22-27-18(19-21(24)25-9-10-28(19)22)15-7-8-17(26-13-15)20(29)14-5-3-2-4-6-14/h2-10,13,16,30H,11-12H2,1H3,(H2,24,25)/t16-,23+. The molecule has 0 saturated heterocycles. The second-order valence-corrected chi connectivity index (χ2v) is 8.08. The molecular weight excluding hydrogens is 378 g/mol. The molecule has 7 heteroatoms. The largest absolute Gasteiger partial charge is 0.390 e. The van der Waals surface area contributed by atoms with E-state index < -0.39 is 5.60 Å². The fourth-order valence-corrected chi connectivity index (χ4v) is 4.17. The molecule has 0 radical (unpaired) electrons. The molecule has 0 amide bonds. The number of imidazole rings is 1. The average molecular weight is 399 g/mol. The second kappa shape index (κ2) is 6.74. The number of nitrogens with two attached hydrogens (primary N) is 1. The van der Waals surface area contributed by atoms with E-state index in [1.807, 2.05) is 41.8 Å². The van der Waals surface area contributed by atoms with E-state index in [4.69, 9.17) is 10.7 Å². The van der Waals surface area contributed by atoms with Crippen LogP contribution in [0.1, 0.15) is 47.6 Å². The number of aromatic nitrogens is 4. The number of aliphatic hydroxyl groups is 1. The van der Waals surface area contributed by atoms with Crippen LogP contribution in [0, 0.1) is 0 Å². The van der Waals surface area contributed by atoms with Crippen molar-refractivity contribution in [1.82, 2.24) is 19.4 Å². The molecule has 1 fully saturated rings. The van der Waals surface area contributed by atoms with Crippen molar-refractivity contribution >= 4 is 17.1 Å². The molecule has 0 bridgehead atoms. The number of nitrogens with zero attached hydrogens (tertiary/aromatic N) is 4. The van der Waals surface area contributed by atoms with E-state index in [1.54, 1.807) is 30.6 Å². The van der Waals surface area contributed by atoms with E-state index in [0.29, 0.717) is 41.1 Å². The average Bonchev–Trinajstić information content (AvgIpc) is 3.13. The Balaban J connectivity index is 1.54. The minimum Gasteiger partial charge on any atom is -0.390 e. The Labute approximate surface area is 173 Å². The van der Waals surface area contributed by atoms with E-state index in [0.717, 1.165) is 11.4 Å². The predicted octanol–water partition coefficient (Wildman–Crippen LogP) is 3.23. The van der Waals surface area contributed by atoms with Gasteiger partial charge in [-0.3, -0.25) is 14.2 Å². The van der Waals surface area contributed by atoms with Gasteiger partial charge in [-0.25, -0.2) is 9.97 Å². The van der Waals surface area contributed by atoms with Gasteiger partial charge in [0, 0.05) is 35.6 Å². The third-order valence-electron chi connectivity index (χ3n) is 5.65. The molecule has 150 valence electrons. The second-order valence-electron chi connectivity index (χ2n) is 8.08. The summed E-state index contributed by atoms with van der Waals surface area (Å²) in [5, 5.41) is 10.2. The number of pyridine rings is 1. The van der Waals surface area contributed by atoms with E-state index in [9.17, 15) is 9.90 Å². The highest BCUT2D eigenvalue weighted by molar-refractivity contribution is 6.07. The van der Waals surface area contributed by atoms with Crippen LogP contribution < -0.4 is 5.73 Å². The number of ketones is 1. The van der Waals surface area contributed by atoms with Crippen LogP contribution in [0.4, 0.5) is 5.82 Å². The Bertz CT molecular complexity index is 1240. The van der Waals surface area contributed by atoms with Gasteiger partial charge in [-0.2, -0.15) is 0 Å². The first-order valence-electron chi connectivity index (χ1n) is 9.84. The molecule has 3 N–H and O–H groups in total. The quantitative estimate of drug-likeness (QED) is 0.510. The Morgan fingerprint density at radius 1 is 1.17 bits per heavy atom.